The Bertz CT molecular complexity index is 1550. The van der Waals surface area contributed by atoms with Gasteiger partial charge in [-0.3, -0.25) is 14.8 Å². The highest BCUT2D eigenvalue weighted by Gasteiger charge is 2.20. The average Bonchev–Trinajstić information content (AvgIpc) is 2.92. The van der Waals surface area contributed by atoms with E-state index in [9.17, 15) is 4.79 Å². The topological polar surface area (TPSA) is 107 Å². The van der Waals surface area contributed by atoms with Gasteiger partial charge in [0.2, 0.25) is 0 Å². The summed E-state index contributed by atoms with van der Waals surface area (Å²) < 4.78 is 0. The number of hydrogen-bond acceptors (Lipinski definition) is 6. The maximum atomic E-state index is 13.2. The molecule has 0 aliphatic carbocycles. The smallest absolute Gasteiger partial charge is 0.274 e. The predicted octanol–water partition coefficient (Wildman–Crippen LogP) is 5.39. The van der Waals surface area contributed by atoms with Gasteiger partial charge in [-0.05, 0) is 36.2 Å². The first kappa shape index (κ1) is 23.1. The number of aromatic nitrogens is 4. The maximum Gasteiger partial charge on any atom is 0.274 e. The Morgan fingerprint density at radius 3 is 2.47 bits per heavy atom. The third-order valence-corrected chi connectivity index (χ3v) is 5.91. The van der Waals surface area contributed by atoms with Crippen LogP contribution in [0.3, 0.4) is 0 Å². The molecule has 36 heavy (non-hydrogen) atoms. The lowest BCUT2D eigenvalue weighted by Crippen LogP contribution is -2.26. The van der Waals surface area contributed by atoms with Gasteiger partial charge in [0, 0.05) is 28.4 Å². The Morgan fingerprint density at radius 1 is 0.861 bits per heavy atom. The summed E-state index contributed by atoms with van der Waals surface area (Å²) in [7, 11) is 0. The predicted molar refractivity (Wildman–Crippen MR) is 142 cm³/mol. The van der Waals surface area contributed by atoms with Crippen molar-refractivity contribution < 1.29 is 4.79 Å². The van der Waals surface area contributed by atoms with Crippen LogP contribution in [0.4, 0.5) is 5.82 Å². The number of rotatable bonds is 6. The van der Waals surface area contributed by atoms with Crippen molar-refractivity contribution in [1.29, 1.82) is 0 Å². The lowest BCUT2D eigenvalue weighted by Gasteiger charge is -2.14. The van der Waals surface area contributed by atoms with Crippen LogP contribution < -0.4 is 11.1 Å². The standard InChI is InChI=1S/C29H26N6O/c1-18(2)23-12-6-11-22(33-23)17-32-29(36)27-28(30)35-25(19-8-4-3-5-9-19)26(34-27)21-13-14-24-20(16-21)10-7-15-31-24/h3-16,18H,17H2,1-2H3,(H2,30,35)(H,32,36). The molecule has 0 spiro atoms. The van der Waals surface area contributed by atoms with Crippen LogP contribution in [0.2, 0.25) is 0 Å². The van der Waals surface area contributed by atoms with E-state index in [4.69, 9.17) is 10.7 Å². The van der Waals surface area contributed by atoms with E-state index in [1.165, 1.54) is 0 Å². The van der Waals surface area contributed by atoms with Crippen LogP contribution in [0.15, 0.2) is 85.1 Å². The first-order valence-electron chi connectivity index (χ1n) is 11.8. The molecule has 0 bridgehead atoms. The van der Waals surface area contributed by atoms with Gasteiger partial charge in [0.25, 0.3) is 5.91 Å². The summed E-state index contributed by atoms with van der Waals surface area (Å²) in [4.78, 5) is 31.6. The molecule has 178 valence electrons. The van der Waals surface area contributed by atoms with Crippen LogP contribution in [0.1, 0.15) is 41.6 Å². The molecule has 0 saturated heterocycles. The molecule has 5 rings (SSSR count). The van der Waals surface area contributed by atoms with Gasteiger partial charge in [-0.2, -0.15) is 0 Å². The third-order valence-electron chi connectivity index (χ3n) is 5.91. The number of carbonyl (C=O) groups excluding carboxylic acids is 1. The van der Waals surface area contributed by atoms with Gasteiger partial charge in [0.15, 0.2) is 11.5 Å². The molecule has 7 heteroatoms. The van der Waals surface area contributed by atoms with Crippen LogP contribution in [0.5, 0.6) is 0 Å². The number of nitrogens with two attached hydrogens (primary N) is 1. The van der Waals surface area contributed by atoms with Gasteiger partial charge in [-0.1, -0.05) is 62.4 Å². The van der Waals surface area contributed by atoms with Gasteiger partial charge in [0.05, 0.1) is 29.1 Å². The molecule has 1 amide bonds. The molecule has 0 fully saturated rings. The second kappa shape index (κ2) is 9.92. The average molecular weight is 475 g/mol. The van der Waals surface area contributed by atoms with Gasteiger partial charge < -0.3 is 11.1 Å². The van der Waals surface area contributed by atoms with Crippen LogP contribution in [-0.4, -0.2) is 25.8 Å². The summed E-state index contributed by atoms with van der Waals surface area (Å²) in [5, 5.41) is 3.86. The van der Waals surface area contributed by atoms with Gasteiger partial charge in [0.1, 0.15) is 0 Å². The normalized spacial score (nSPS) is 11.1. The number of benzene rings is 2. The highest BCUT2D eigenvalue weighted by Crippen LogP contribution is 2.32. The third kappa shape index (κ3) is 4.77. The molecule has 3 N–H and O–H groups in total. The number of nitrogens with one attached hydrogen (secondary N) is 1. The molecule has 0 aliphatic heterocycles. The summed E-state index contributed by atoms with van der Waals surface area (Å²) in [6.45, 7) is 4.43. The highest BCUT2D eigenvalue weighted by atomic mass is 16.1. The lowest BCUT2D eigenvalue weighted by molar-refractivity contribution is 0.0946. The fourth-order valence-corrected chi connectivity index (χ4v) is 4.01. The lowest BCUT2D eigenvalue weighted by atomic mass is 10.0. The molecule has 3 heterocycles. The Labute approximate surface area is 209 Å². The van der Waals surface area contributed by atoms with Crippen LogP contribution in [0.25, 0.3) is 33.4 Å². The number of pyridine rings is 2. The molecule has 0 atom stereocenters. The van der Waals surface area contributed by atoms with E-state index in [0.29, 0.717) is 17.3 Å². The zero-order valence-electron chi connectivity index (χ0n) is 20.1. The summed E-state index contributed by atoms with van der Waals surface area (Å²) >= 11 is 0. The first-order chi connectivity index (χ1) is 17.5. The van der Waals surface area contributed by atoms with Gasteiger partial charge >= 0.3 is 0 Å². The van der Waals surface area contributed by atoms with Gasteiger partial charge in [-0.15, -0.1) is 0 Å². The monoisotopic (exact) mass is 474 g/mol. The minimum absolute atomic E-state index is 0.0708. The van der Waals surface area contributed by atoms with Crippen LogP contribution >= 0.6 is 0 Å². The van der Waals surface area contributed by atoms with Crippen molar-refractivity contribution in [2.75, 3.05) is 5.73 Å². The maximum absolute atomic E-state index is 13.2. The second-order valence-corrected chi connectivity index (χ2v) is 8.82. The van der Waals surface area contributed by atoms with E-state index in [1.54, 1.807) is 6.20 Å². The quantitative estimate of drug-likeness (QED) is 0.342. The number of nitrogen functional groups attached to an aromatic ring is 1. The second-order valence-electron chi connectivity index (χ2n) is 8.82. The van der Waals surface area contributed by atoms with E-state index in [-0.39, 0.29) is 18.1 Å². The van der Waals surface area contributed by atoms with E-state index in [1.807, 2.05) is 78.9 Å². The van der Waals surface area contributed by atoms with Crippen molar-refractivity contribution in [2.24, 2.45) is 0 Å². The molecule has 0 saturated carbocycles. The Kier molecular flexibility index (Phi) is 6.36. The van der Waals surface area contributed by atoms with Crippen LogP contribution in [0, 0.1) is 0 Å². The number of amides is 1. The van der Waals surface area contributed by atoms with Crippen molar-refractivity contribution >= 4 is 22.6 Å². The molecular weight excluding hydrogens is 448 g/mol. The molecule has 0 unspecified atom stereocenters. The van der Waals surface area contributed by atoms with Crippen molar-refractivity contribution in [3.8, 4) is 22.5 Å². The zero-order valence-corrected chi connectivity index (χ0v) is 20.1. The number of hydrogen-bond donors (Lipinski definition) is 2. The number of fused-ring (bicyclic) bond motifs is 1. The summed E-state index contributed by atoms with van der Waals surface area (Å²) in [5.41, 5.74) is 11.8. The van der Waals surface area contributed by atoms with Gasteiger partial charge in [-0.25, -0.2) is 9.97 Å². The summed E-state index contributed by atoms with van der Waals surface area (Å²) in [5.74, 6) is -0.0334. The SMILES string of the molecule is CC(C)c1cccc(CNC(=O)c2nc(-c3ccc4ncccc4c3)c(-c3ccccc3)nc2N)n1. The first-order valence-corrected chi connectivity index (χ1v) is 11.8. The Hall–Kier alpha value is -4.65. The van der Waals surface area contributed by atoms with Crippen molar-refractivity contribution in [3.63, 3.8) is 0 Å². The molecular formula is C29H26N6O. The van der Waals surface area contributed by atoms with E-state index in [2.05, 4.69) is 34.1 Å². The summed E-state index contributed by atoms with van der Waals surface area (Å²) in [6, 6.07) is 25.2. The largest absolute Gasteiger partial charge is 0.382 e. The van der Waals surface area contributed by atoms with Crippen molar-refractivity contribution in [2.45, 2.75) is 26.3 Å². The molecule has 5 aromatic rings. The van der Waals surface area contributed by atoms with E-state index < -0.39 is 5.91 Å². The van der Waals surface area contributed by atoms with Crippen LogP contribution in [-0.2, 0) is 6.54 Å². The fraction of sp³-hybridized carbons (Fsp3) is 0.138. The molecule has 0 aliphatic rings. The molecule has 7 nitrogen and oxygen atoms in total. The van der Waals surface area contributed by atoms with Crippen molar-refractivity contribution in [1.82, 2.24) is 25.3 Å². The van der Waals surface area contributed by atoms with Crippen molar-refractivity contribution in [3.05, 3.63) is 102 Å². The molecule has 2 aromatic carbocycles. The summed E-state index contributed by atoms with van der Waals surface area (Å²) in [6.07, 6.45) is 1.76. The number of anilines is 1. The minimum Gasteiger partial charge on any atom is -0.382 e. The molecule has 3 aromatic heterocycles. The number of carbonyl (C=O) groups is 1. The highest BCUT2D eigenvalue weighted by molar-refractivity contribution is 5.98. The fourth-order valence-electron chi connectivity index (χ4n) is 4.01. The molecule has 0 radical (unpaired) electrons. The zero-order chi connectivity index (χ0) is 25.1. The minimum atomic E-state index is -0.403. The van der Waals surface area contributed by atoms with E-state index >= 15 is 0 Å². The Morgan fingerprint density at radius 2 is 1.67 bits per heavy atom. The Balaban J connectivity index is 1.53. The van der Waals surface area contributed by atoms with E-state index in [0.717, 1.165) is 33.4 Å². The number of nitrogens with zero attached hydrogens (tertiary/aromatic N) is 4.